The summed E-state index contributed by atoms with van der Waals surface area (Å²) in [6.07, 6.45) is 4.85. The molecule has 0 spiro atoms. The molecule has 5 heteroatoms. The van der Waals surface area contributed by atoms with Gasteiger partial charge in [-0.1, -0.05) is 26.2 Å². The van der Waals surface area contributed by atoms with Crippen LogP contribution in [0.4, 0.5) is 0 Å². The Morgan fingerprint density at radius 1 is 1.40 bits per heavy atom. The molecule has 1 rings (SSSR count). The fourth-order valence-electron chi connectivity index (χ4n) is 1.30. The van der Waals surface area contributed by atoms with E-state index in [-0.39, 0.29) is 18.4 Å². The largest absolute Gasteiger partial charge is 0.323 e. The molecule has 0 aliphatic heterocycles. The van der Waals surface area contributed by atoms with E-state index in [1.54, 1.807) is 11.3 Å². The highest BCUT2D eigenvalue weighted by molar-refractivity contribution is 9.13. The average molecular weight is 378 g/mol. The van der Waals surface area contributed by atoms with Crippen molar-refractivity contribution in [2.24, 2.45) is 5.73 Å². The number of thiophene rings is 1. The van der Waals surface area contributed by atoms with E-state index < -0.39 is 0 Å². The summed E-state index contributed by atoms with van der Waals surface area (Å²) < 4.78 is 2.25. The molecule has 2 N–H and O–H groups in total. The van der Waals surface area contributed by atoms with E-state index in [2.05, 4.69) is 44.8 Å². The molecule has 1 aromatic rings. The summed E-state index contributed by atoms with van der Waals surface area (Å²) in [7, 11) is 0. The van der Waals surface area contributed by atoms with Gasteiger partial charge in [-0.25, -0.2) is 0 Å². The number of rotatable bonds is 5. The monoisotopic (exact) mass is 375 g/mol. The molecule has 1 atom stereocenters. The molecule has 15 heavy (non-hydrogen) atoms. The lowest BCUT2D eigenvalue weighted by molar-refractivity contribution is 0.587. The summed E-state index contributed by atoms with van der Waals surface area (Å²) in [5.41, 5.74) is 6.09. The van der Waals surface area contributed by atoms with Crippen molar-refractivity contribution >= 4 is 55.6 Å². The summed E-state index contributed by atoms with van der Waals surface area (Å²) in [5, 5.41) is 0. The normalized spacial score (nSPS) is 12.3. The average Bonchev–Trinajstić information content (AvgIpc) is 2.47. The molecular formula is C10H16Br2ClNS. The van der Waals surface area contributed by atoms with E-state index in [1.807, 2.05) is 0 Å². The Morgan fingerprint density at radius 3 is 2.53 bits per heavy atom. The van der Waals surface area contributed by atoms with Crippen molar-refractivity contribution in [3.8, 4) is 0 Å². The third-order valence-corrected chi connectivity index (χ3v) is 5.54. The molecule has 0 amide bonds. The van der Waals surface area contributed by atoms with Gasteiger partial charge in [0.1, 0.15) is 0 Å². The summed E-state index contributed by atoms with van der Waals surface area (Å²) >= 11 is 8.68. The van der Waals surface area contributed by atoms with Crippen LogP contribution in [0.2, 0.25) is 0 Å². The van der Waals surface area contributed by atoms with Crippen molar-refractivity contribution in [2.75, 3.05) is 0 Å². The fourth-order valence-corrected chi connectivity index (χ4v) is 3.43. The highest BCUT2D eigenvalue weighted by Gasteiger charge is 2.11. The van der Waals surface area contributed by atoms with Gasteiger partial charge in [-0.15, -0.1) is 23.7 Å². The van der Waals surface area contributed by atoms with Crippen LogP contribution in [0.5, 0.6) is 0 Å². The Balaban J connectivity index is 0.00000196. The molecule has 0 aliphatic rings. The smallest absolute Gasteiger partial charge is 0.0843 e. The van der Waals surface area contributed by atoms with Gasteiger partial charge in [-0.2, -0.15) is 0 Å². The maximum atomic E-state index is 6.09. The van der Waals surface area contributed by atoms with Gasteiger partial charge in [0.15, 0.2) is 0 Å². The van der Waals surface area contributed by atoms with E-state index in [0.29, 0.717) is 0 Å². The molecule has 0 saturated heterocycles. The molecule has 1 aromatic heterocycles. The van der Waals surface area contributed by atoms with E-state index in [9.17, 15) is 0 Å². The van der Waals surface area contributed by atoms with Crippen LogP contribution in [0.3, 0.4) is 0 Å². The quantitative estimate of drug-likeness (QED) is 0.695. The minimum atomic E-state index is 0. The highest BCUT2D eigenvalue weighted by atomic mass is 79.9. The van der Waals surface area contributed by atoms with Gasteiger partial charge < -0.3 is 5.73 Å². The van der Waals surface area contributed by atoms with E-state index in [1.165, 1.54) is 24.1 Å². The zero-order valence-corrected chi connectivity index (χ0v) is 13.4. The van der Waals surface area contributed by atoms with Gasteiger partial charge in [0.05, 0.1) is 3.79 Å². The third-order valence-electron chi connectivity index (χ3n) is 2.15. The first kappa shape index (κ1) is 15.9. The van der Waals surface area contributed by atoms with Crippen LogP contribution in [0.15, 0.2) is 14.3 Å². The van der Waals surface area contributed by atoms with Gasteiger partial charge in [-0.05, 0) is 44.3 Å². The van der Waals surface area contributed by atoms with E-state index >= 15 is 0 Å². The summed E-state index contributed by atoms with van der Waals surface area (Å²) in [6, 6.07) is 2.32. The third kappa shape index (κ3) is 5.18. The molecule has 0 fully saturated rings. The first-order valence-electron chi connectivity index (χ1n) is 4.85. The van der Waals surface area contributed by atoms with Crippen molar-refractivity contribution in [1.82, 2.24) is 0 Å². The van der Waals surface area contributed by atoms with Crippen LogP contribution in [0.25, 0.3) is 0 Å². The van der Waals surface area contributed by atoms with E-state index in [0.717, 1.165) is 14.7 Å². The maximum Gasteiger partial charge on any atom is 0.0843 e. The molecule has 0 unspecified atom stereocenters. The molecule has 88 valence electrons. The Morgan fingerprint density at radius 2 is 2.07 bits per heavy atom. The lowest BCUT2D eigenvalue weighted by Crippen LogP contribution is -2.07. The molecule has 1 nitrogen and oxygen atoms in total. The predicted molar refractivity (Wildman–Crippen MR) is 78.0 cm³/mol. The second kappa shape index (κ2) is 8.07. The molecular weight excluding hydrogens is 361 g/mol. The van der Waals surface area contributed by atoms with Crippen molar-refractivity contribution in [3.05, 3.63) is 19.2 Å². The summed E-state index contributed by atoms with van der Waals surface area (Å²) in [6.45, 7) is 2.21. The SMILES string of the molecule is CCCCC[C@H](N)c1cc(Br)c(Br)s1.Cl. The Kier molecular flexibility index (Phi) is 8.56. The van der Waals surface area contributed by atoms with Crippen LogP contribution in [0, 0.1) is 0 Å². The molecule has 1 heterocycles. The zero-order valence-electron chi connectivity index (χ0n) is 8.63. The van der Waals surface area contributed by atoms with Gasteiger partial charge in [-0.3, -0.25) is 0 Å². The second-order valence-corrected chi connectivity index (χ2v) is 6.63. The Bertz CT molecular complexity index is 271. The van der Waals surface area contributed by atoms with Crippen molar-refractivity contribution < 1.29 is 0 Å². The molecule has 0 saturated carbocycles. The van der Waals surface area contributed by atoms with Gasteiger partial charge in [0, 0.05) is 15.4 Å². The Hall–Kier alpha value is 0.910. The second-order valence-electron chi connectivity index (χ2n) is 3.37. The number of halogens is 3. The van der Waals surface area contributed by atoms with Crippen molar-refractivity contribution in [1.29, 1.82) is 0 Å². The molecule has 0 radical (unpaired) electrons. The lowest BCUT2D eigenvalue weighted by atomic mass is 10.1. The van der Waals surface area contributed by atoms with Crippen LogP contribution < -0.4 is 5.73 Å². The number of nitrogens with two attached hydrogens (primary N) is 1. The molecule has 0 aromatic carbocycles. The van der Waals surface area contributed by atoms with Gasteiger partial charge >= 0.3 is 0 Å². The topological polar surface area (TPSA) is 26.0 Å². The fraction of sp³-hybridized carbons (Fsp3) is 0.600. The van der Waals surface area contributed by atoms with Crippen LogP contribution in [-0.2, 0) is 0 Å². The number of unbranched alkanes of at least 4 members (excludes halogenated alkanes) is 2. The van der Waals surface area contributed by atoms with Gasteiger partial charge in [0.25, 0.3) is 0 Å². The standard InChI is InChI=1S/C10H15Br2NS.ClH/c1-2-3-4-5-8(13)9-6-7(11)10(12)14-9;/h6,8H,2-5,13H2,1H3;1H/t8-;/m0./s1. The maximum absolute atomic E-state index is 6.09. The molecule has 0 aliphatic carbocycles. The van der Waals surface area contributed by atoms with E-state index in [4.69, 9.17) is 5.73 Å². The number of hydrogen-bond donors (Lipinski definition) is 1. The van der Waals surface area contributed by atoms with Gasteiger partial charge in [0.2, 0.25) is 0 Å². The summed E-state index contributed by atoms with van der Waals surface area (Å²) in [4.78, 5) is 1.26. The van der Waals surface area contributed by atoms with Crippen LogP contribution in [0.1, 0.15) is 43.5 Å². The molecule has 0 bridgehead atoms. The summed E-state index contributed by atoms with van der Waals surface area (Å²) in [5.74, 6) is 0. The highest BCUT2D eigenvalue weighted by Crippen LogP contribution is 2.35. The van der Waals surface area contributed by atoms with Crippen molar-refractivity contribution in [2.45, 2.75) is 38.6 Å². The predicted octanol–water partition coefficient (Wildman–Crippen LogP) is 5.28. The first-order valence-corrected chi connectivity index (χ1v) is 7.25. The van der Waals surface area contributed by atoms with Crippen LogP contribution in [-0.4, -0.2) is 0 Å². The number of hydrogen-bond acceptors (Lipinski definition) is 2. The van der Waals surface area contributed by atoms with Crippen LogP contribution >= 0.6 is 55.6 Å². The Labute approximate surface area is 118 Å². The lowest BCUT2D eigenvalue weighted by Gasteiger charge is -2.07. The minimum absolute atomic E-state index is 0. The van der Waals surface area contributed by atoms with Crippen molar-refractivity contribution in [3.63, 3.8) is 0 Å². The minimum Gasteiger partial charge on any atom is -0.323 e. The zero-order chi connectivity index (χ0) is 10.6. The first-order chi connectivity index (χ1) is 6.65.